The molecule has 2 heterocycles. The van der Waals surface area contributed by atoms with Gasteiger partial charge in [-0.05, 0) is 31.9 Å². The van der Waals surface area contributed by atoms with Gasteiger partial charge in [0.1, 0.15) is 5.01 Å². The lowest BCUT2D eigenvalue weighted by Gasteiger charge is -2.24. The number of imidazole rings is 1. The first kappa shape index (κ1) is 23.4. The van der Waals surface area contributed by atoms with Crippen molar-refractivity contribution in [2.45, 2.75) is 51.6 Å². The number of ether oxygens (including phenoxy) is 1. The van der Waals surface area contributed by atoms with Gasteiger partial charge in [-0.25, -0.2) is 9.97 Å². The molecule has 8 nitrogen and oxygen atoms in total. The maximum atomic E-state index is 13.7. The molecular weight excluding hydrogens is 438 g/mol. The van der Waals surface area contributed by atoms with E-state index in [0.29, 0.717) is 29.9 Å². The molecule has 3 aromatic rings. The van der Waals surface area contributed by atoms with Crippen LogP contribution in [-0.4, -0.2) is 52.0 Å². The van der Waals surface area contributed by atoms with E-state index in [9.17, 15) is 9.59 Å². The van der Waals surface area contributed by atoms with E-state index in [1.54, 1.807) is 37.6 Å². The quantitative estimate of drug-likeness (QED) is 0.525. The molecule has 4 rings (SSSR count). The number of hydrogen-bond donors (Lipinski definition) is 1. The van der Waals surface area contributed by atoms with Crippen LogP contribution in [0.3, 0.4) is 0 Å². The molecule has 1 fully saturated rings. The van der Waals surface area contributed by atoms with Gasteiger partial charge in [0.25, 0.3) is 5.91 Å². The Morgan fingerprint density at radius 2 is 2.06 bits per heavy atom. The second-order valence-corrected chi connectivity index (χ2v) is 9.54. The summed E-state index contributed by atoms with van der Waals surface area (Å²) in [5, 5.41) is 5.83. The van der Waals surface area contributed by atoms with Crippen molar-refractivity contribution in [3.8, 4) is 0 Å². The van der Waals surface area contributed by atoms with Gasteiger partial charge < -0.3 is 19.5 Å². The maximum absolute atomic E-state index is 13.7. The average Bonchev–Trinajstić information content (AvgIpc) is 3.52. The first-order valence-corrected chi connectivity index (χ1v) is 12.3. The molecule has 2 aromatic heterocycles. The second-order valence-electron chi connectivity index (χ2n) is 8.61. The summed E-state index contributed by atoms with van der Waals surface area (Å²) in [7, 11) is 3.43. The molecule has 1 aromatic carbocycles. The van der Waals surface area contributed by atoms with Crippen LogP contribution in [0.1, 0.15) is 60.4 Å². The lowest BCUT2D eigenvalue weighted by Crippen LogP contribution is -2.30. The Kier molecular flexibility index (Phi) is 7.39. The number of methoxy groups -OCH3 is 1. The van der Waals surface area contributed by atoms with Crippen molar-refractivity contribution in [2.24, 2.45) is 5.92 Å². The number of thiazole rings is 1. The van der Waals surface area contributed by atoms with Crippen LogP contribution in [0.15, 0.2) is 30.0 Å². The highest BCUT2D eigenvalue weighted by Gasteiger charge is 2.26. The number of fused-ring (bicyclic) bond motifs is 1. The van der Waals surface area contributed by atoms with E-state index < -0.39 is 0 Å². The number of rotatable bonds is 8. The molecule has 1 unspecified atom stereocenters. The monoisotopic (exact) mass is 469 g/mol. The van der Waals surface area contributed by atoms with Crippen molar-refractivity contribution >= 4 is 39.9 Å². The summed E-state index contributed by atoms with van der Waals surface area (Å²) in [6.07, 6.45) is 8.66. The molecule has 1 saturated carbocycles. The predicted octanol–water partition coefficient (Wildman–Crippen LogP) is 4.49. The lowest BCUT2D eigenvalue weighted by molar-refractivity contribution is -0.120. The van der Waals surface area contributed by atoms with Gasteiger partial charge in [-0.1, -0.05) is 19.3 Å². The Balaban J connectivity index is 1.68. The average molecular weight is 470 g/mol. The zero-order chi connectivity index (χ0) is 23.4. The van der Waals surface area contributed by atoms with Crippen molar-refractivity contribution in [3.63, 3.8) is 0 Å². The second kappa shape index (κ2) is 10.4. The molecular formula is C24H31N5O3S. The van der Waals surface area contributed by atoms with Crippen LogP contribution in [-0.2, 0) is 16.1 Å². The van der Waals surface area contributed by atoms with Crippen LogP contribution in [0.25, 0.3) is 11.0 Å². The largest absolute Gasteiger partial charge is 0.383 e. The van der Waals surface area contributed by atoms with Crippen LogP contribution in [0.5, 0.6) is 0 Å². The van der Waals surface area contributed by atoms with E-state index in [1.165, 1.54) is 17.8 Å². The topological polar surface area (TPSA) is 89.3 Å². The fourth-order valence-electron chi connectivity index (χ4n) is 4.38. The Hall–Kier alpha value is -2.78. The summed E-state index contributed by atoms with van der Waals surface area (Å²) in [5.41, 5.74) is 2.52. The highest BCUT2D eigenvalue weighted by atomic mass is 32.1. The first-order chi connectivity index (χ1) is 16.0. The molecule has 1 aliphatic carbocycles. The number of amides is 2. The van der Waals surface area contributed by atoms with Crippen molar-refractivity contribution in [1.29, 1.82) is 0 Å². The molecule has 33 heavy (non-hydrogen) atoms. The van der Waals surface area contributed by atoms with Crippen molar-refractivity contribution < 1.29 is 14.3 Å². The Bertz CT molecular complexity index is 1100. The van der Waals surface area contributed by atoms with Crippen molar-refractivity contribution in [2.75, 3.05) is 26.1 Å². The van der Waals surface area contributed by atoms with E-state index in [0.717, 1.165) is 36.2 Å². The minimum atomic E-state index is -0.177. The number of aromatic nitrogens is 3. The van der Waals surface area contributed by atoms with E-state index in [1.807, 2.05) is 22.9 Å². The number of benzene rings is 1. The molecule has 9 heteroatoms. The fourth-order valence-corrected chi connectivity index (χ4v) is 5.12. The van der Waals surface area contributed by atoms with Gasteiger partial charge >= 0.3 is 0 Å². The SMILES string of the molecule is COCCn1cnc2cc(NC(=O)C3CCCCC3)cc(C(=O)N(C)C(C)c3nccs3)c21. The molecule has 1 aliphatic rings. The number of carbonyl (C=O) groups excluding carboxylic acids is 2. The van der Waals surface area contributed by atoms with Crippen molar-refractivity contribution in [1.82, 2.24) is 19.4 Å². The van der Waals surface area contributed by atoms with Gasteiger partial charge in [0, 0.05) is 43.9 Å². The Labute approximate surface area is 198 Å². The smallest absolute Gasteiger partial charge is 0.256 e. The highest BCUT2D eigenvalue weighted by Crippen LogP contribution is 2.30. The van der Waals surface area contributed by atoms with Crippen molar-refractivity contribution in [3.05, 3.63) is 40.6 Å². The van der Waals surface area contributed by atoms with E-state index in [2.05, 4.69) is 15.3 Å². The molecule has 2 amide bonds. The number of nitrogens with one attached hydrogen (secondary N) is 1. The fraction of sp³-hybridized carbons (Fsp3) is 0.500. The summed E-state index contributed by atoms with van der Waals surface area (Å²) in [6.45, 7) is 3.04. The zero-order valence-electron chi connectivity index (χ0n) is 19.4. The minimum Gasteiger partial charge on any atom is -0.383 e. The zero-order valence-corrected chi connectivity index (χ0v) is 20.2. The third-order valence-corrected chi connectivity index (χ3v) is 7.38. The molecule has 1 atom stereocenters. The van der Waals surface area contributed by atoms with Gasteiger partial charge in [-0.2, -0.15) is 0 Å². The predicted molar refractivity (Wildman–Crippen MR) is 129 cm³/mol. The number of hydrogen-bond acceptors (Lipinski definition) is 6. The number of nitrogens with zero attached hydrogens (tertiary/aromatic N) is 4. The first-order valence-electron chi connectivity index (χ1n) is 11.4. The molecule has 0 saturated heterocycles. The molecule has 0 bridgehead atoms. The van der Waals surface area contributed by atoms with E-state index in [4.69, 9.17) is 4.74 Å². The van der Waals surface area contributed by atoms with Crippen LogP contribution < -0.4 is 5.32 Å². The maximum Gasteiger partial charge on any atom is 0.256 e. The summed E-state index contributed by atoms with van der Waals surface area (Å²) in [4.78, 5) is 37.1. The molecule has 1 N–H and O–H groups in total. The third kappa shape index (κ3) is 5.09. The molecule has 176 valence electrons. The normalized spacial score (nSPS) is 15.5. The van der Waals surface area contributed by atoms with Gasteiger partial charge in [0.05, 0.1) is 35.6 Å². The summed E-state index contributed by atoms with van der Waals surface area (Å²) in [5.74, 6) is -0.0909. The van der Waals surface area contributed by atoms with E-state index >= 15 is 0 Å². The molecule has 0 spiro atoms. The number of anilines is 1. The Morgan fingerprint density at radius 1 is 1.27 bits per heavy atom. The molecule has 0 radical (unpaired) electrons. The van der Waals surface area contributed by atoms with Gasteiger partial charge in [0.15, 0.2) is 0 Å². The summed E-state index contributed by atoms with van der Waals surface area (Å²) in [6, 6.07) is 3.45. The van der Waals surface area contributed by atoms with Crippen LogP contribution in [0.2, 0.25) is 0 Å². The van der Waals surface area contributed by atoms with Gasteiger partial charge in [0.2, 0.25) is 5.91 Å². The van der Waals surface area contributed by atoms with Crippen LogP contribution >= 0.6 is 11.3 Å². The lowest BCUT2D eigenvalue weighted by atomic mass is 9.88. The van der Waals surface area contributed by atoms with Crippen LogP contribution in [0.4, 0.5) is 5.69 Å². The molecule has 0 aliphatic heterocycles. The third-order valence-electron chi connectivity index (χ3n) is 6.43. The summed E-state index contributed by atoms with van der Waals surface area (Å²) < 4.78 is 7.17. The van der Waals surface area contributed by atoms with E-state index in [-0.39, 0.29) is 23.8 Å². The number of carbonyl (C=O) groups is 2. The summed E-state index contributed by atoms with van der Waals surface area (Å²) >= 11 is 1.52. The minimum absolute atomic E-state index is 0.0239. The highest BCUT2D eigenvalue weighted by molar-refractivity contribution is 7.09. The standard InChI is InChI=1S/C24H31N5O3S/c1-16(23-25-9-12-33-23)28(2)24(31)19-13-18(27-22(30)17-7-5-4-6-8-17)14-20-21(19)29(15-26-20)10-11-32-3/h9,12-17H,4-8,10-11H2,1-3H3,(H,27,30). The Morgan fingerprint density at radius 3 is 2.76 bits per heavy atom. The van der Waals surface area contributed by atoms with Gasteiger partial charge in [-0.15, -0.1) is 11.3 Å². The van der Waals surface area contributed by atoms with Crippen LogP contribution in [0, 0.1) is 5.92 Å². The van der Waals surface area contributed by atoms with Gasteiger partial charge in [-0.3, -0.25) is 9.59 Å².